The Balaban J connectivity index is 1.70. The largest absolute Gasteiger partial charge is 0.316 e. The number of rotatable bonds is 5. The van der Waals surface area contributed by atoms with Gasteiger partial charge in [-0.15, -0.1) is 0 Å². The molecule has 0 spiro atoms. The van der Waals surface area contributed by atoms with E-state index in [9.17, 15) is 4.39 Å². The first-order valence-corrected chi connectivity index (χ1v) is 8.14. The van der Waals surface area contributed by atoms with Crippen LogP contribution in [0.4, 0.5) is 4.39 Å². The molecule has 1 aliphatic rings. The van der Waals surface area contributed by atoms with Crippen LogP contribution in [-0.2, 0) is 6.42 Å². The van der Waals surface area contributed by atoms with Crippen LogP contribution >= 0.6 is 15.9 Å². The first-order chi connectivity index (χ1) is 10.2. The molecule has 0 radical (unpaired) electrons. The molecule has 0 aromatic heterocycles. The second-order valence-electron chi connectivity index (χ2n) is 5.75. The summed E-state index contributed by atoms with van der Waals surface area (Å²) in [6, 6.07) is 16.3. The molecule has 110 valence electrons. The lowest BCUT2D eigenvalue weighted by Gasteiger charge is -2.17. The van der Waals surface area contributed by atoms with Gasteiger partial charge in [-0.1, -0.05) is 52.3 Å². The number of benzene rings is 2. The Hall–Kier alpha value is -1.19. The Bertz CT molecular complexity index is 614. The van der Waals surface area contributed by atoms with Crippen molar-refractivity contribution in [1.29, 1.82) is 0 Å². The van der Waals surface area contributed by atoms with Gasteiger partial charge in [0.1, 0.15) is 5.82 Å². The van der Waals surface area contributed by atoms with E-state index in [-0.39, 0.29) is 5.82 Å². The molecule has 1 nitrogen and oxygen atoms in total. The zero-order chi connectivity index (χ0) is 14.8. The van der Waals surface area contributed by atoms with Crippen molar-refractivity contribution < 1.29 is 4.39 Å². The maximum absolute atomic E-state index is 14.0. The van der Waals surface area contributed by atoms with Crippen LogP contribution in [0.1, 0.15) is 23.5 Å². The van der Waals surface area contributed by atoms with Gasteiger partial charge < -0.3 is 5.32 Å². The second-order valence-corrected chi connectivity index (χ2v) is 6.67. The highest BCUT2D eigenvalue weighted by atomic mass is 79.9. The Labute approximate surface area is 133 Å². The van der Waals surface area contributed by atoms with Gasteiger partial charge in [-0.25, -0.2) is 4.39 Å². The average molecular weight is 348 g/mol. The van der Waals surface area contributed by atoms with Gasteiger partial charge in [0.05, 0.1) is 0 Å². The molecule has 3 rings (SSSR count). The molecule has 2 aromatic rings. The van der Waals surface area contributed by atoms with Gasteiger partial charge in [-0.2, -0.15) is 0 Å². The molecular formula is C18H19BrFN. The van der Waals surface area contributed by atoms with E-state index in [1.807, 2.05) is 25.2 Å². The third-order valence-electron chi connectivity index (χ3n) is 4.41. The van der Waals surface area contributed by atoms with E-state index in [0.717, 1.165) is 16.5 Å². The van der Waals surface area contributed by atoms with E-state index in [1.165, 1.54) is 12.0 Å². The van der Waals surface area contributed by atoms with Gasteiger partial charge in [0.25, 0.3) is 0 Å². The second kappa shape index (κ2) is 6.29. The number of nitrogens with one attached hydrogen (secondary N) is 1. The normalized spacial score (nSPS) is 22.0. The molecule has 3 atom stereocenters. The fourth-order valence-electron chi connectivity index (χ4n) is 3.13. The van der Waals surface area contributed by atoms with E-state index in [0.29, 0.717) is 17.9 Å². The van der Waals surface area contributed by atoms with E-state index in [4.69, 9.17) is 0 Å². The summed E-state index contributed by atoms with van der Waals surface area (Å²) in [5.41, 5.74) is 2.19. The van der Waals surface area contributed by atoms with Crippen LogP contribution in [0.15, 0.2) is 53.0 Å². The predicted molar refractivity (Wildman–Crippen MR) is 87.9 cm³/mol. The molecule has 3 unspecified atom stereocenters. The fraction of sp³-hybridized carbons (Fsp3) is 0.333. The summed E-state index contributed by atoms with van der Waals surface area (Å²) in [5.74, 6) is 1.09. The van der Waals surface area contributed by atoms with Crippen LogP contribution < -0.4 is 5.32 Å². The molecular weight excluding hydrogens is 329 g/mol. The highest BCUT2D eigenvalue weighted by Crippen LogP contribution is 2.50. The van der Waals surface area contributed by atoms with Gasteiger partial charge in [-0.05, 0) is 55.0 Å². The fourth-order valence-corrected chi connectivity index (χ4v) is 3.47. The molecule has 1 aliphatic carbocycles. The van der Waals surface area contributed by atoms with Crippen LogP contribution in [0.2, 0.25) is 0 Å². The highest BCUT2D eigenvalue weighted by Gasteiger charge is 2.43. The Morgan fingerprint density at radius 2 is 2.00 bits per heavy atom. The molecule has 2 aromatic carbocycles. The minimum Gasteiger partial charge on any atom is -0.316 e. The SMILES string of the molecule is CNC(Cc1ccc(Br)cc1F)C1CC1c1ccccc1. The standard InChI is InChI=1S/C18H19BrFN/c1-21-18(9-13-7-8-14(19)10-17(13)20)16-11-15(16)12-5-3-2-4-6-12/h2-8,10,15-16,18,21H,9,11H2,1H3. The van der Waals surface area contributed by atoms with Crippen LogP contribution in [0.3, 0.4) is 0 Å². The number of hydrogen-bond donors (Lipinski definition) is 1. The third-order valence-corrected chi connectivity index (χ3v) is 4.90. The van der Waals surface area contributed by atoms with Gasteiger partial charge in [0.2, 0.25) is 0 Å². The first-order valence-electron chi connectivity index (χ1n) is 7.35. The summed E-state index contributed by atoms with van der Waals surface area (Å²) < 4.78 is 14.8. The molecule has 3 heteroatoms. The zero-order valence-electron chi connectivity index (χ0n) is 12.0. The summed E-state index contributed by atoms with van der Waals surface area (Å²) in [6.45, 7) is 0. The summed E-state index contributed by atoms with van der Waals surface area (Å²) in [6.07, 6.45) is 1.93. The lowest BCUT2D eigenvalue weighted by molar-refractivity contribution is 0.479. The summed E-state index contributed by atoms with van der Waals surface area (Å²) in [4.78, 5) is 0. The molecule has 0 saturated heterocycles. The highest BCUT2D eigenvalue weighted by molar-refractivity contribution is 9.10. The van der Waals surface area contributed by atoms with Crippen molar-refractivity contribution in [2.75, 3.05) is 7.05 Å². The van der Waals surface area contributed by atoms with E-state index in [2.05, 4.69) is 45.5 Å². The first kappa shape index (κ1) is 14.7. The van der Waals surface area contributed by atoms with Crippen LogP contribution in [-0.4, -0.2) is 13.1 Å². The monoisotopic (exact) mass is 347 g/mol. The lowest BCUT2D eigenvalue weighted by Crippen LogP contribution is -2.30. The van der Waals surface area contributed by atoms with E-state index in [1.54, 1.807) is 6.07 Å². The van der Waals surface area contributed by atoms with Crippen LogP contribution in [0, 0.1) is 11.7 Å². The van der Waals surface area contributed by atoms with Crippen molar-refractivity contribution in [1.82, 2.24) is 5.32 Å². The number of likely N-dealkylation sites (N-methyl/N-ethyl adjacent to an activating group) is 1. The Kier molecular flexibility index (Phi) is 4.41. The van der Waals surface area contributed by atoms with Gasteiger partial charge in [-0.3, -0.25) is 0 Å². The predicted octanol–water partition coefficient (Wildman–Crippen LogP) is 4.52. The molecule has 1 N–H and O–H groups in total. The van der Waals surface area contributed by atoms with E-state index < -0.39 is 0 Å². The van der Waals surface area contributed by atoms with Crippen molar-refractivity contribution in [3.8, 4) is 0 Å². The number of hydrogen-bond acceptors (Lipinski definition) is 1. The molecule has 0 amide bonds. The molecule has 0 aliphatic heterocycles. The van der Waals surface area contributed by atoms with Gasteiger partial charge in [0.15, 0.2) is 0 Å². The summed E-state index contributed by atoms with van der Waals surface area (Å²) in [7, 11) is 1.97. The topological polar surface area (TPSA) is 12.0 Å². The molecule has 1 saturated carbocycles. The van der Waals surface area contributed by atoms with Crippen molar-refractivity contribution in [2.45, 2.75) is 24.8 Å². The smallest absolute Gasteiger partial charge is 0.127 e. The van der Waals surface area contributed by atoms with Crippen LogP contribution in [0.25, 0.3) is 0 Å². The summed E-state index contributed by atoms with van der Waals surface area (Å²) >= 11 is 3.31. The molecule has 0 heterocycles. The lowest BCUT2D eigenvalue weighted by atomic mass is 9.98. The quantitative estimate of drug-likeness (QED) is 0.838. The number of halogens is 2. The van der Waals surface area contributed by atoms with Crippen molar-refractivity contribution >= 4 is 15.9 Å². The minimum atomic E-state index is -0.124. The maximum Gasteiger partial charge on any atom is 0.127 e. The molecule has 0 bridgehead atoms. The Morgan fingerprint density at radius 1 is 1.24 bits per heavy atom. The van der Waals surface area contributed by atoms with Crippen molar-refractivity contribution in [3.05, 3.63) is 69.9 Å². The minimum absolute atomic E-state index is 0.124. The van der Waals surface area contributed by atoms with Crippen molar-refractivity contribution in [3.63, 3.8) is 0 Å². The molecule has 21 heavy (non-hydrogen) atoms. The van der Waals surface area contributed by atoms with Crippen molar-refractivity contribution in [2.24, 2.45) is 5.92 Å². The van der Waals surface area contributed by atoms with Crippen LogP contribution in [0.5, 0.6) is 0 Å². The van der Waals surface area contributed by atoms with E-state index >= 15 is 0 Å². The third kappa shape index (κ3) is 3.35. The van der Waals surface area contributed by atoms with Gasteiger partial charge >= 0.3 is 0 Å². The zero-order valence-corrected chi connectivity index (χ0v) is 13.6. The Morgan fingerprint density at radius 3 is 2.67 bits per heavy atom. The average Bonchev–Trinajstić information content (AvgIpc) is 3.28. The molecule has 1 fully saturated rings. The maximum atomic E-state index is 14.0. The van der Waals surface area contributed by atoms with Gasteiger partial charge in [0, 0.05) is 10.5 Å². The summed E-state index contributed by atoms with van der Waals surface area (Å²) in [5, 5.41) is 3.38.